The number of rotatable bonds is 4. The number of aryl methyl sites for hydroxylation is 1. The zero-order valence-corrected chi connectivity index (χ0v) is 9.70. The molecule has 1 aromatic heterocycles. The van der Waals surface area contributed by atoms with Crippen LogP contribution in [0.3, 0.4) is 0 Å². The first-order valence-electron chi connectivity index (χ1n) is 5.34. The minimum Gasteiger partial charge on any atom is -0.374 e. The minimum atomic E-state index is -4.85. The fourth-order valence-electron chi connectivity index (χ4n) is 1.57. The molecular formula is C10H16F3N3O. The van der Waals surface area contributed by atoms with E-state index in [-0.39, 0.29) is 6.42 Å². The Hall–Kier alpha value is -1.08. The SMILES string of the molecule is CCC(N)C(O)(c1cn(CC)cn1)C(F)(F)F. The number of alkyl halides is 3. The number of aromatic nitrogens is 2. The second-order valence-corrected chi connectivity index (χ2v) is 3.87. The summed E-state index contributed by atoms with van der Waals surface area (Å²) < 4.78 is 40.3. The van der Waals surface area contributed by atoms with E-state index < -0.39 is 23.5 Å². The number of imidazole rings is 1. The van der Waals surface area contributed by atoms with Gasteiger partial charge in [0.15, 0.2) is 0 Å². The van der Waals surface area contributed by atoms with Gasteiger partial charge >= 0.3 is 6.18 Å². The Labute approximate surface area is 97.3 Å². The topological polar surface area (TPSA) is 64.1 Å². The van der Waals surface area contributed by atoms with Crippen LogP contribution in [0.2, 0.25) is 0 Å². The normalized spacial score (nSPS) is 17.8. The van der Waals surface area contributed by atoms with Crippen molar-refractivity contribution in [2.75, 3.05) is 0 Å². The van der Waals surface area contributed by atoms with E-state index >= 15 is 0 Å². The highest BCUT2D eigenvalue weighted by Crippen LogP contribution is 2.40. The molecular weight excluding hydrogens is 235 g/mol. The van der Waals surface area contributed by atoms with E-state index in [2.05, 4.69) is 4.98 Å². The molecule has 1 heterocycles. The van der Waals surface area contributed by atoms with E-state index in [1.165, 1.54) is 24.0 Å². The Morgan fingerprint density at radius 2 is 2.06 bits per heavy atom. The van der Waals surface area contributed by atoms with Crippen molar-refractivity contribution in [2.24, 2.45) is 5.73 Å². The molecule has 17 heavy (non-hydrogen) atoms. The molecule has 0 aromatic carbocycles. The average molecular weight is 251 g/mol. The lowest BCUT2D eigenvalue weighted by Gasteiger charge is -2.33. The summed E-state index contributed by atoms with van der Waals surface area (Å²) in [5, 5.41) is 9.87. The molecule has 1 rings (SSSR count). The van der Waals surface area contributed by atoms with E-state index in [0.717, 1.165) is 0 Å². The first kappa shape index (κ1) is 14.0. The van der Waals surface area contributed by atoms with E-state index in [1.54, 1.807) is 6.92 Å². The molecule has 0 aliphatic heterocycles. The molecule has 0 bridgehead atoms. The summed E-state index contributed by atoms with van der Waals surface area (Å²) in [7, 11) is 0. The summed E-state index contributed by atoms with van der Waals surface area (Å²) in [6.45, 7) is 3.72. The van der Waals surface area contributed by atoms with Gasteiger partial charge in [-0.3, -0.25) is 0 Å². The quantitative estimate of drug-likeness (QED) is 0.850. The largest absolute Gasteiger partial charge is 0.424 e. The van der Waals surface area contributed by atoms with Gasteiger partial charge in [0, 0.05) is 18.8 Å². The van der Waals surface area contributed by atoms with Crippen LogP contribution in [0.25, 0.3) is 0 Å². The second-order valence-electron chi connectivity index (χ2n) is 3.87. The minimum absolute atomic E-state index is 0.00497. The lowest BCUT2D eigenvalue weighted by atomic mass is 9.89. The predicted octanol–water partition coefficient (Wildman–Crippen LogP) is 1.39. The third-order valence-corrected chi connectivity index (χ3v) is 2.80. The number of hydrogen-bond donors (Lipinski definition) is 2. The molecule has 0 amide bonds. The van der Waals surface area contributed by atoms with Crippen molar-refractivity contribution in [2.45, 2.75) is 44.6 Å². The molecule has 1 aromatic rings. The molecule has 0 aliphatic carbocycles. The van der Waals surface area contributed by atoms with Crippen LogP contribution in [0.5, 0.6) is 0 Å². The molecule has 0 fully saturated rings. The van der Waals surface area contributed by atoms with Crippen LogP contribution in [-0.4, -0.2) is 26.9 Å². The maximum absolute atomic E-state index is 13.0. The summed E-state index contributed by atoms with van der Waals surface area (Å²) in [5.74, 6) is 0. The van der Waals surface area contributed by atoms with Gasteiger partial charge in [0.25, 0.3) is 0 Å². The number of nitrogens with zero attached hydrogens (tertiary/aromatic N) is 2. The number of aliphatic hydroxyl groups is 1. The molecule has 0 spiro atoms. The molecule has 0 saturated carbocycles. The van der Waals surface area contributed by atoms with Gasteiger partial charge in [-0.25, -0.2) is 4.98 Å². The van der Waals surface area contributed by atoms with E-state index in [9.17, 15) is 18.3 Å². The van der Waals surface area contributed by atoms with Crippen LogP contribution < -0.4 is 5.73 Å². The fourth-order valence-corrected chi connectivity index (χ4v) is 1.57. The Bertz CT molecular complexity index is 377. The molecule has 3 N–H and O–H groups in total. The molecule has 4 nitrogen and oxygen atoms in total. The van der Waals surface area contributed by atoms with Gasteiger partial charge in [0.05, 0.1) is 6.33 Å². The van der Waals surface area contributed by atoms with Gasteiger partial charge < -0.3 is 15.4 Å². The highest BCUT2D eigenvalue weighted by Gasteiger charge is 2.59. The standard InChI is InChI=1S/C10H16F3N3O/c1-3-7(14)9(17,10(11,12)13)8-5-16(4-2)6-15-8/h5-7,17H,3-4,14H2,1-2H3. The summed E-state index contributed by atoms with van der Waals surface area (Å²) in [6.07, 6.45) is -2.44. The smallest absolute Gasteiger partial charge is 0.374 e. The zero-order valence-electron chi connectivity index (χ0n) is 9.70. The van der Waals surface area contributed by atoms with Crippen molar-refractivity contribution in [3.05, 3.63) is 18.2 Å². The van der Waals surface area contributed by atoms with Gasteiger partial charge in [-0.15, -0.1) is 0 Å². The van der Waals surface area contributed by atoms with Crippen LogP contribution in [-0.2, 0) is 12.1 Å². The highest BCUT2D eigenvalue weighted by atomic mass is 19.4. The van der Waals surface area contributed by atoms with E-state index in [4.69, 9.17) is 5.73 Å². The first-order chi connectivity index (χ1) is 7.77. The van der Waals surface area contributed by atoms with Crippen molar-refractivity contribution < 1.29 is 18.3 Å². The maximum Gasteiger partial charge on any atom is 0.424 e. The third kappa shape index (κ3) is 2.30. The van der Waals surface area contributed by atoms with Crippen LogP contribution in [0.4, 0.5) is 13.2 Å². The van der Waals surface area contributed by atoms with Crippen LogP contribution in [0, 0.1) is 0 Å². The number of hydrogen-bond acceptors (Lipinski definition) is 3. The molecule has 0 radical (unpaired) electrons. The van der Waals surface area contributed by atoms with Crippen LogP contribution >= 0.6 is 0 Å². The molecule has 0 saturated heterocycles. The van der Waals surface area contributed by atoms with Gasteiger partial charge in [0.2, 0.25) is 5.60 Å². The van der Waals surface area contributed by atoms with Crippen LogP contribution in [0.15, 0.2) is 12.5 Å². The first-order valence-corrected chi connectivity index (χ1v) is 5.34. The molecule has 2 unspecified atom stereocenters. The summed E-state index contributed by atoms with van der Waals surface area (Å²) in [4.78, 5) is 3.61. The van der Waals surface area contributed by atoms with Crippen molar-refractivity contribution >= 4 is 0 Å². The number of nitrogens with two attached hydrogens (primary N) is 1. The van der Waals surface area contributed by atoms with Gasteiger partial charge in [-0.2, -0.15) is 13.2 Å². The van der Waals surface area contributed by atoms with Gasteiger partial charge in [0.1, 0.15) is 5.69 Å². The van der Waals surface area contributed by atoms with Crippen molar-refractivity contribution in [3.8, 4) is 0 Å². The zero-order chi connectivity index (χ0) is 13.3. The number of halogens is 3. The lowest BCUT2D eigenvalue weighted by Crippen LogP contribution is -2.55. The Morgan fingerprint density at radius 1 is 1.47 bits per heavy atom. The second kappa shape index (κ2) is 4.66. The van der Waals surface area contributed by atoms with Crippen LogP contribution in [0.1, 0.15) is 26.0 Å². The Balaban J connectivity index is 3.24. The van der Waals surface area contributed by atoms with Crippen molar-refractivity contribution in [1.82, 2.24) is 9.55 Å². The molecule has 0 aliphatic rings. The molecule has 98 valence electrons. The summed E-state index contributed by atoms with van der Waals surface area (Å²) in [5.41, 5.74) is 1.85. The highest BCUT2D eigenvalue weighted by molar-refractivity contribution is 5.16. The fraction of sp³-hybridized carbons (Fsp3) is 0.700. The Kier molecular flexibility index (Phi) is 3.83. The van der Waals surface area contributed by atoms with Gasteiger partial charge in [-0.05, 0) is 13.3 Å². The van der Waals surface area contributed by atoms with E-state index in [0.29, 0.717) is 6.54 Å². The summed E-state index contributed by atoms with van der Waals surface area (Å²) >= 11 is 0. The molecule has 7 heteroatoms. The summed E-state index contributed by atoms with van der Waals surface area (Å²) in [6, 6.07) is -1.44. The monoisotopic (exact) mass is 251 g/mol. The van der Waals surface area contributed by atoms with Crippen molar-refractivity contribution in [3.63, 3.8) is 0 Å². The van der Waals surface area contributed by atoms with E-state index in [1.807, 2.05) is 0 Å². The lowest BCUT2D eigenvalue weighted by molar-refractivity contribution is -0.276. The van der Waals surface area contributed by atoms with Crippen molar-refractivity contribution in [1.29, 1.82) is 0 Å². The van der Waals surface area contributed by atoms with Gasteiger partial charge in [-0.1, -0.05) is 6.92 Å². The Morgan fingerprint density at radius 3 is 2.41 bits per heavy atom. The predicted molar refractivity (Wildman–Crippen MR) is 56.1 cm³/mol. The molecule has 2 atom stereocenters. The third-order valence-electron chi connectivity index (χ3n) is 2.80. The average Bonchev–Trinajstić information content (AvgIpc) is 2.73. The maximum atomic E-state index is 13.0.